The van der Waals surface area contributed by atoms with E-state index in [1.54, 1.807) is 0 Å². The summed E-state index contributed by atoms with van der Waals surface area (Å²) in [6, 6.07) is 21.0. The van der Waals surface area contributed by atoms with E-state index >= 15 is 0 Å². The number of aliphatic carboxylic acids is 2. The number of piperidine rings is 1. The largest absolute Gasteiger partial charge is 0.480 e. The summed E-state index contributed by atoms with van der Waals surface area (Å²) in [4.78, 5) is 46.1. The molecule has 5 rings (SSSR count). The highest BCUT2D eigenvalue weighted by Gasteiger charge is 2.27. The molecule has 0 bridgehead atoms. The first-order valence-corrected chi connectivity index (χ1v) is 13.3. The maximum Gasteiger partial charge on any atom is 0.326 e. The van der Waals surface area contributed by atoms with Crippen molar-refractivity contribution in [2.45, 2.75) is 63.2 Å². The number of amides is 2. The molecule has 2 aromatic carbocycles. The highest BCUT2D eigenvalue weighted by Crippen LogP contribution is 2.25. The van der Waals surface area contributed by atoms with Crippen LogP contribution in [0.1, 0.15) is 44.1 Å². The monoisotopic (exact) mass is 538 g/mol. The predicted molar refractivity (Wildman–Crippen MR) is 147 cm³/mol. The summed E-state index contributed by atoms with van der Waals surface area (Å²) in [5, 5.41) is 21.3. The van der Waals surface area contributed by atoms with Gasteiger partial charge in [0.15, 0.2) is 0 Å². The lowest BCUT2D eigenvalue weighted by atomic mass is 10.0. The summed E-state index contributed by atoms with van der Waals surface area (Å²) in [5.41, 5.74) is 2.73. The quantitative estimate of drug-likeness (QED) is 0.440. The van der Waals surface area contributed by atoms with Crippen molar-refractivity contribution in [3.63, 3.8) is 0 Å². The van der Waals surface area contributed by atoms with Crippen molar-refractivity contribution >= 4 is 29.4 Å². The zero-order valence-electron chi connectivity index (χ0n) is 22.3. The Morgan fingerprint density at radius 2 is 1.26 bits per heavy atom. The summed E-state index contributed by atoms with van der Waals surface area (Å²) in [7, 11) is 2.22. The first kappa shape index (κ1) is 29.6. The molecule has 2 atom stereocenters. The Morgan fingerprint density at radius 1 is 0.795 bits per heavy atom. The topological polar surface area (TPSA) is 139 Å². The van der Waals surface area contributed by atoms with E-state index in [4.69, 9.17) is 10.2 Å². The molecule has 0 unspecified atom stereocenters. The molecule has 210 valence electrons. The second-order valence-corrected chi connectivity index (χ2v) is 9.98. The Labute approximate surface area is 229 Å². The summed E-state index contributed by atoms with van der Waals surface area (Å²) >= 11 is 0. The number of anilines is 1. The van der Waals surface area contributed by atoms with Gasteiger partial charge in [0.2, 0.25) is 11.8 Å². The molecule has 0 aromatic heterocycles. The Balaban J connectivity index is 0.000000192. The van der Waals surface area contributed by atoms with Crippen molar-refractivity contribution in [2.75, 3.05) is 25.0 Å². The van der Waals surface area contributed by atoms with E-state index in [1.165, 1.54) is 37.2 Å². The molecule has 10 heteroatoms. The van der Waals surface area contributed by atoms with Crippen LogP contribution in [0.3, 0.4) is 0 Å². The van der Waals surface area contributed by atoms with Crippen molar-refractivity contribution in [1.29, 1.82) is 0 Å². The van der Waals surface area contributed by atoms with Crippen molar-refractivity contribution in [3.8, 4) is 0 Å². The van der Waals surface area contributed by atoms with E-state index in [0.29, 0.717) is 31.7 Å². The normalized spacial score (nSPS) is 20.9. The zero-order valence-corrected chi connectivity index (χ0v) is 22.3. The van der Waals surface area contributed by atoms with Gasteiger partial charge >= 0.3 is 11.9 Å². The summed E-state index contributed by atoms with van der Waals surface area (Å²) < 4.78 is 0. The number of likely N-dealkylation sites (tertiary alicyclic amines) is 1. The summed E-state index contributed by atoms with van der Waals surface area (Å²) in [5.74, 6) is -2.22. The third-order valence-electron chi connectivity index (χ3n) is 7.00. The van der Waals surface area contributed by atoms with Gasteiger partial charge in [-0.3, -0.25) is 9.59 Å². The number of nitrogens with one attached hydrogen (secondary N) is 2. The van der Waals surface area contributed by atoms with Gasteiger partial charge in [-0.2, -0.15) is 0 Å². The average Bonchev–Trinajstić information content (AvgIpc) is 3.58. The van der Waals surface area contributed by atoms with Crippen LogP contribution in [0.2, 0.25) is 0 Å². The second kappa shape index (κ2) is 14.9. The Bertz CT molecular complexity index is 1050. The fraction of sp³-hybridized carbons (Fsp3) is 0.448. The number of carbonyl (C=O) groups is 4. The fourth-order valence-corrected chi connectivity index (χ4v) is 4.74. The van der Waals surface area contributed by atoms with Crippen molar-refractivity contribution < 1.29 is 29.4 Å². The van der Waals surface area contributed by atoms with E-state index in [-0.39, 0.29) is 11.8 Å². The molecule has 3 saturated heterocycles. The summed E-state index contributed by atoms with van der Waals surface area (Å²) in [6.45, 7) is 3.39. The van der Waals surface area contributed by atoms with Gasteiger partial charge in [-0.1, -0.05) is 48.5 Å². The van der Waals surface area contributed by atoms with Crippen LogP contribution < -0.4 is 15.5 Å². The number of para-hydroxylation sites is 1. The molecule has 3 aliphatic heterocycles. The van der Waals surface area contributed by atoms with Crippen molar-refractivity contribution in [1.82, 2.24) is 15.5 Å². The van der Waals surface area contributed by atoms with Gasteiger partial charge < -0.3 is 30.6 Å². The molecule has 0 radical (unpaired) electrons. The van der Waals surface area contributed by atoms with Crippen LogP contribution in [-0.2, 0) is 25.7 Å². The minimum Gasteiger partial charge on any atom is -0.480 e. The smallest absolute Gasteiger partial charge is 0.326 e. The molecule has 0 spiro atoms. The molecule has 4 N–H and O–H groups in total. The van der Waals surface area contributed by atoms with E-state index in [0.717, 1.165) is 6.54 Å². The van der Waals surface area contributed by atoms with Gasteiger partial charge in [0, 0.05) is 31.1 Å². The Morgan fingerprint density at radius 3 is 1.64 bits per heavy atom. The lowest BCUT2D eigenvalue weighted by Gasteiger charge is -2.39. The predicted octanol–water partition coefficient (Wildman–Crippen LogP) is 2.49. The molecular weight excluding hydrogens is 500 g/mol. The molecule has 10 nitrogen and oxygen atoms in total. The van der Waals surface area contributed by atoms with Crippen LogP contribution in [0.25, 0.3) is 0 Å². The SMILES string of the molecule is CN1CCC(N(Cc2ccccc2)c2ccccc2)CC1.O=C1CC[C@@H](C(=O)O)N1.O=C1CC[C@@H](C(=O)O)N1. The van der Waals surface area contributed by atoms with Crippen LogP contribution in [0.4, 0.5) is 5.69 Å². The number of carboxylic acids is 2. The van der Waals surface area contributed by atoms with E-state index < -0.39 is 24.0 Å². The maximum atomic E-state index is 10.4. The van der Waals surface area contributed by atoms with Crippen LogP contribution in [0, 0.1) is 0 Å². The Hall–Kier alpha value is -3.92. The zero-order chi connectivity index (χ0) is 28.2. The number of nitrogens with zero attached hydrogens (tertiary/aromatic N) is 2. The highest BCUT2D eigenvalue weighted by molar-refractivity contribution is 5.87. The molecule has 3 aliphatic rings. The average molecular weight is 539 g/mol. The number of hydrogen-bond donors (Lipinski definition) is 4. The number of carboxylic acid groups (broad SMARTS) is 2. The molecule has 2 aromatic rings. The van der Waals surface area contributed by atoms with Gasteiger partial charge in [-0.25, -0.2) is 9.59 Å². The Kier molecular flexibility index (Phi) is 11.3. The molecule has 3 heterocycles. The van der Waals surface area contributed by atoms with Gasteiger partial charge in [0.05, 0.1) is 0 Å². The molecule has 3 fully saturated rings. The van der Waals surface area contributed by atoms with Gasteiger partial charge in [0.1, 0.15) is 12.1 Å². The molecule has 2 amide bonds. The maximum absolute atomic E-state index is 10.4. The van der Waals surface area contributed by atoms with Crippen molar-refractivity contribution in [2.24, 2.45) is 0 Å². The highest BCUT2D eigenvalue weighted by atomic mass is 16.4. The lowest BCUT2D eigenvalue weighted by molar-refractivity contribution is -0.140. The molecule has 0 saturated carbocycles. The third kappa shape index (κ3) is 9.72. The number of rotatable bonds is 6. The van der Waals surface area contributed by atoms with E-state index in [9.17, 15) is 19.2 Å². The molecular formula is C29H38N4O6. The van der Waals surface area contributed by atoms with Crippen LogP contribution in [-0.4, -0.2) is 77.1 Å². The molecule has 39 heavy (non-hydrogen) atoms. The van der Waals surface area contributed by atoms with Gasteiger partial charge in [0.25, 0.3) is 0 Å². The third-order valence-corrected chi connectivity index (χ3v) is 7.00. The first-order chi connectivity index (χ1) is 18.7. The van der Waals surface area contributed by atoms with Crippen molar-refractivity contribution in [3.05, 3.63) is 66.2 Å². The standard InChI is InChI=1S/C19H24N2.2C5H7NO3/c1-20-14-12-19(13-15-20)21(18-10-6-3-7-11-18)16-17-8-4-2-5-9-17;2*7-4-2-1-3(6-4)5(8)9/h2-11,19H,12-16H2,1H3;2*3H,1-2H2,(H,6,7)(H,8,9)/t;2*3-/m.00/s1. The van der Waals surface area contributed by atoms with Gasteiger partial charge in [-0.05, 0) is 63.5 Å². The summed E-state index contributed by atoms with van der Waals surface area (Å²) in [6.07, 6.45) is 4.03. The van der Waals surface area contributed by atoms with Crippen LogP contribution >= 0.6 is 0 Å². The van der Waals surface area contributed by atoms with Crippen LogP contribution in [0.5, 0.6) is 0 Å². The van der Waals surface area contributed by atoms with Gasteiger partial charge in [-0.15, -0.1) is 0 Å². The number of hydrogen-bond acceptors (Lipinski definition) is 6. The molecule has 0 aliphatic carbocycles. The first-order valence-electron chi connectivity index (χ1n) is 13.3. The second-order valence-electron chi connectivity index (χ2n) is 9.98. The van der Waals surface area contributed by atoms with E-state index in [2.05, 4.69) is 88.1 Å². The lowest BCUT2D eigenvalue weighted by Crippen LogP contribution is -2.43. The van der Waals surface area contributed by atoms with E-state index in [1.807, 2.05) is 0 Å². The number of benzene rings is 2. The minimum atomic E-state index is -0.944. The number of carbonyl (C=O) groups excluding carboxylic acids is 2. The van der Waals surface area contributed by atoms with Crippen LogP contribution in [0.15, 0.2) is 60.7 Å². The fourth-order valence-electron chi connectivity index (χ4n) is 4.74. The minimum absolute atomic E-state index is 0.164.